The van der Waals surface area contributed by atoms with Crippen LogP contribution >= 0.6 is 0 Å². The maximum absolute atomic E-state index is 11.6. The molecule has 0 spiro atoms. The van der Waals surface area contributed by atoms with Crippen LogP contribution in [-0.4, -0.2) is 30.0 Å². The molecule has 2 nitrogen and oxygen atoms in total. The lowest BCUT2D eigenvalue weighted by Gasteiger charge is -2.24. The minimum absolute atomic E-state index is 0.316. The lowest BCUT2D eigenvalue weighted by Crippen LogP contribution is -2.46. The number of hydrogen-bond donors (Lipinski definition) is 2. The largest absolute Gasteiger partial charge is 0.401 e. The molecule has 0 aromatic carbocycles. The van der Waals surface area contributed by atoms with Gasteiger partial charge < -0.3 is 10.4 Å². The fraction of sp³-hybridized carbons (Fsp3) is 1.00. The topological polar surface area (TPSA) is 32.3 Å². The van der Waals surface area contributed by atoms with E-state index in [2.05, 4.69) is 5.32 Å². The number of aliphatic hydroxyl groups excluding tert-OH is 1. The van der Waals surface area contributed by atoms with Crippen LogP contribution in [0.3, 0.4) is 0 Å². The van der Waals surface area contributed by atoms with Gasteiger partial charge in [-0.3, -0.25) is 0 Å². The average molecular weight is 171 g/mol. The van der Waals surface area contributed by atoms with Gasteiger partial charge in [-0.25, -0.2) is 0 Å². The molecular weight excluding hydrogens is 159 g/mol. The lowest BCUT2D eigenvalue weighted by atomic mass is 10.1. The highest BCUT2D eigenvalue weighted by Gasteiger charge is 2.29. The lowest BCUT2D eigenvalue weighted by molar-refractivity contribution is -0.129. The molecule has 0 aliphatic rings. The Morgan fingerprint density at radius 2 is 1.73 bits per heavy atom. The van der Waals surface area contributed by atoms with Crippen LogP contribution < -0.4 is 5.32 Å². The van der Waals surface area contributed by atoms with Crippen molar-refractivity contribution in [1.29, 1.82) is 0 Å². The van der Waals surface area contributed by atoms with Crippen LogP contribution in [0.5, 0.6) is 0 Å². The highest BCUT2D eigenvalue weighted by atomic mass is 19.4. The number of aliphatic hydroxyl groups is 1. The van der Waals surface area contributed by atoms with E-state index in [0.29, 0.717) is 0 Å². The first-order chi connectivity index (χ1) is 4.77. The zero-order valence-corrected chi connectivity index (χ0v) is 6.50. The van der Waals surface area contributed by atoms with Gasteiger partial charge in [-0.1, -0.05) is 0 Å². The van der Waals surface area contributed by atoms with Crippen molar-refractivity contribution in [3.8, 4) is 0 Å². The van der Waals surface area contributed by atoms with Crippen molar-refractivity contribution >= 4 is 0 Å². The summed E-state index contributed by atoms with van der Waals surface area (Å²) >= 11 is 0. The Hall–Kier alpha value is -0.290. The second kappa shape index (κ2) is 3.40. The van der Waals surface area contributed by atoms with E-state index in [4.69, 9.17) is 5.11 Å². The molecule has 2 N–H and O–H groups in total. The standard InChI is InChI=1S/C6H12F3NO/c1-5(2,4-11)10-3-6(7,8)9/h10-11H,3-4H2,1-2H3. The third-order valence-corrected chi connectivity index (χ3v) is 1.16. The Morgan fingerprint density at radius 3 is 2.00 bits per heavy atom. The zero-order valence-electron chi connectivity index (χ0n) is 6.50. The molecule has 0 aromatic rings. The van der Waals surface area contributed by atoms with Crippen LogP contribution in [0.4, 0.5) is 13.2 Å². The summed E-state index contributed by atoms with van der Waals surface area (Å²) < 4.78 is 34.7. The Morgan fingerprint density at radius 1 is 1.27 bits per heavy atom. The molecule has 0 heterocycles. The van der Waals surface area contributed by atoms with E-state index < -0.39 is 18.3 Å². The first-order valence-corrected chi connectivity index (χ1v) is 3.19. The summed E-state index contributed by atoms with van der Waals surface area (Å²) in [5.41, 5.74) is -0.866. The molecule has 0 radical (unpaired) electrons. The van der Waals surface area contributed by atoms with Crippen molar-refractivity contribution in [3.63, 3.8) is 0 Å². The Kier molecular flexibility index (Phi) is 3.31. The fourth-order valence-corrected chi connectivity index (χ4v) is 0.395. The third-order valence-electron chi connectivity index (χ3n) is 1.16. The summed E-state index contributed by atoms with van der Waals surface area (Å²) in [4.78, 5) is 0. The summed E-state index contributed by atoms with van der Waals surface area (Å²) in [6, 6.07) is 0. The van der Waals surface area contributed by atoms with Gasteiger partial charge in [-0.2, -0.15) is 13.2 Å². The van der Waals surface area contributed by atoms with Gasteiger partial charge in [0.15, 0.2) is 0 Å². The molecule has 11 heavy (non-hydrogen) atoms. The van der Waals surface area contributed by atoms with E-state index >= 15 is 0 Å². The van der Waals surface area contributed by atoms with E-state index in [1.165, 1.54) is 13.8 Å². The Labute approximate surface area is 63.4 Å². The van der Waals surface area contributed by atoms with Crippen LogP contribution in [-0.2, 0) is 0 Å². The molecule has 0 aliphatic heterocycles. The first-order valence-electron chi connectivity index (χ1n) is 3.19. The second-order valence-electron chi connectivity index (χ2n) is 3.01. The van der Waals surface area contributed by atoms with Crippen molar-refractivity contribution in [3.05, 3.63) is 0 Å². The van der Waals surface area contributed by atoms with Gasteiger partial charge >= 0.3 is 6.18 Å². The molecule has 0 rings (SSSR count). The van der Waals surface area contributed by atoms with E-state index in [-0.39, 0.29) is 6.61 Å². The molecule has 0 atom stereocenters. The third kappa shape index (κ3) is 6.12. The van der Waals surface area contributed by atoms with Gasteiger partial charge in [0.2, 0.25) is 0 Å². The molecule has 0 unspecified atom stereocenters. The quantitative estimate of drug-likeness (QED) is 0.661. The van der Waals surface area contributed by atoms with Gasteiger partial charge in [0.25, 0.3) is 0 Å². The summed E-state index contributed by atoms with van der Waals surface area (Å²) in [6.07, 6.45) is -4.22. The van der Waals surface area contributed by atoms with Crippen LogP contribution in [0.15, 0.2) is 0 Å². The molecule has 0 bridgehead atoms. The Balaban J connectivity index is 3.70. The summed E-state index contributed by atoms with van der Waals surface area (Å²) in [6.45, 7) is 1.61. The summed E-state index contributed by atoms with van der Waals surface area (Å²) in [7, 11) is 0. The maximum atomic E-state index is 11.6. The molecular formula is C6H12F3NO. The molecule has 5 heteroatoms. The molecule has 0 aromatic heterocycles. The van der Waals surface area contributed by atoms with E-state index in [1.807, 2.05) is 0 Å². The molecule has 0 saturated heterocycles. The monoisotopic (exact) mass is 171 g/mol. The number of hydrogen-bond acceptors (Lipinski definition) is 2. The Bertz CT molecular complexity index is 121. The molecule has 0 saturated carbocycles. The predicted molar refractivity (Wildman–Crippen MR) is 35.2 cm³/mol. The average Bonchev–Trinajstić information content (AvgIpc) is 1.83. The van der Waals surface area contributed by atoms with Gasteiger partial charge in [0, 0.05) is 5.54 Å². The fourth-order valence-electron chi connectivity index (χ4n) is 0.395. The SMILES string of the molecule is CC(C)(CO)NCC(F)(F)F. The van der Waals surface area contributed by atoms with E-state index in [9.17, 15) is 13.2 Å². The first kappa shape index (κ1) is 10.7. The molecule has 68 valence electrons. The van der Waals surface area contributed by atoms with Crippen molar-refractivity contribution in [2.75, 3.05) is 13.2 Å². The summed E-state index contributed by atoms with van der Waals surface area (Å²) in [5, 5.41) is 10.7. The molecule has 0 fully saturated rings. The van der Waals surface area contributed by atoms with Gasteiger partial charge in [-0.15, -0.1) is 0 Å². The van der Waals surface area contributed by atoms with Crippen molar-refractivity contribution in [2.45, 2.75) is 25.6 Å². The molecule has 0 amide bonds. The highest BCUT2D eigenvalue weighted by molar-refractivity contribution is 4.77. The number of halogens is 3. The molecule has 0 aliphatic carbocycles. The zero-order chi connectivity index (χ0) is 9.12. The number of nitrogens with one attached hydrogen (secondary N) is 1. The van der Waals surface area contributed by atoms with Crippen LogP contribution in [0, 0.1) is 0 Å². The maximum Gasteiger partial charge on any atom is 0.401 e. The normalized spacial score (nSPS) is 13.6. The smallest absolute Gasteiger partial charge is 0.394 e. The van der Waals surface area contributed by atoms with Crippen molar-refractivity contribution < 1.29 is 18.3 Å². The number of alkyl halides is 3. The predicted octanol–water partition coefficient (Wildman–Crippen LogP) is 0.909. The van der Waals surface area contributed by atoms with Gasteiger partial charge in [0.05, 0.1) is 13.2 Å². The second-order valence-corrected chi connectivity index (χ2v) is 3.01. The van der Waals surface area contributed by atoms with Crippen molar-refractivity contribution in [2.24, 2.45) is 0 Å². The van der Waals surface area contributed by atoms with E-state index in [1.54, 1.807) is 0 Å². The van der Waals surface area contributed by atoms with Crippen LogP contribution in [0.1, 0.15) is 13.8 Å². The minimum atomic E-state index is -4.22. The van der Waals surface area contributed by atoms with Gasteiger partial charge in [0.1, 0.15) is 0 Å². The van der Waals surface area contributed by atoms with Gasteiger partial charge in [-0.05, 0) is 13.8 Å². The highest BCUT2D eigenvalue weighted by Crippen LogP contribution is 2.14. The minimum Gasteiger partial charge on any atom is -0.394 e. The van der Waals surface area contributed by atoms with Crippen molar-refractivity contribution in [1.82, 2.24) is 5.32 Å². The van der Waals surface area contributed by atoms with E-state index in [0.717, 1.165) is 0 Å². The number of rotatable bonds is 3. The van der Waals surface area contributed by atoms with Crippen LogP contribution in [0.25, 0.3) is 0 Å². The van der Waals surface area contributed by atoms with Crippen LogP contribution in [0.2, 0.25) is 0 Å². The summed E-state index contributed by atoms with van der Waals surface area (Å²) in [5.74, 6) is 0.